The maximum atomic E-state index is 13.8. The van der Waals surface area contributed by atoms with E-state index in [4.69, 9.17) is 9.47 Å². The summed E-state index contributed by atoms with van der Waals surface area (Å²) in [6.07, 6.45) is 5.08. The molecular weight excluding hydrogens is 395 g/mol. The van der Waals surface area contributed by atoms with Gasteiger partial charge in [-0.1, -0.05) is 25.0 Å². The molecule has 166 valence electrons. The lowest BCUT2D eigenvalue weighted by Crippen LogP contribution is -2.43. The molecule has 0 spiro atoms. The Labute approximate surface area is 183 Å². The summed E-state index contributed by atoms with van der Waals surface area (Å²) in [5, 5.41) is 3.20. The van der Waals surface area contributed by atoms with Gasteiger partial charge in [0, 0.05) is 25.6 Å². The Morgan fingerprint density at radius 1 is 1.13 bits per heavy atom. The van der Waals surface area contributed by atoms with E-state index in [2.05, 4.69) is 10.2 Å². The van der Waals surface area contributed by atoms with E-state index in [1.807, 2.05) is 18.2 Å². The van der Waals surface area contributed by atoms with Gasteiger partial charge in [0.2, 0.25) is 5.91 Å². The molecule has 5 nitrogen and oxygen atoms in total. The van der Waals surface area contributed by atoms with E-state index in [0.29, 0.717) is 24.6 Å². The van der Waals surface area contributed by atoms with Crippen molar-refractivity contribution in [2.75, 3.05) is 27.3 Å². The maximum Gasteiger partial charge on any atom is 0.223 e. The average Bonchev–Trinajstić information content (AvgIpc) is 3.32. The minimum Gasteiger partial charge on any atom is -0.493 e. The summed E-state index contributed by atoms with van der Waals surface area (Å²) >= 11 is 0. The first kappa shape index (κ1) is 21.6. The van der Waals surface area contributed by atoms with Crippen LogP contribution in [0.1, 0.15) is 48.4 Å². The largest absolute Gasteiger partial charge is 0.493 e. The van der Waals surface area contributed by atoms with E-state index < -0.39 is 0 Å². The molecule has 1 N–H and O–H groups in total. The number of hydrogen-bond donors (Lipinski definition) is 1. The summed E-state index contributed by atoms with van der Waals surface area (Å²) in [6.45, 7) is 1.96. The fourth-order valence-corrected chi connectivity index (χ4v) is 4.91. The zero-order chi connectivity index (χ0) is 21.8. The third kappa shape index (κ3) is 4.85. The summed E-state index contributed by atoms with van der Waals surface area (Å²) in [5.74, 6) is 1.45. The van der Waals surface area contributed by atoms with Crippen molar-refractivity contribution in [3.63, 3.8) is 0 Å². The molecule has 31 heavy (non-hydrogen) atoms. The molecule has 1 aliphatic heterocycles. The van der Waals surface area contributed by atoms with Crippen LogP contribution in [-0.2, 0) is 17.8 Å². The zero-order valence-electron chi connectivity index (χ0n) is 18.3. The van der Waals surface area contributed by atoms with E-state index in [9.17, 15) is 9.18 Å². The van der Waals surface area contributed by atoms with Gasteiger partial charge in [-0.3, -0.25) is 9.69 Å². The van der Waals surface area contributed by atoms with E-state index in [-0.39, 0.29) is 23.7 Å². The van der Waals surface area contributed by atoms with Crippen LogP contribution >= 0.6 is 0 Å². The van der Waals surface area contributed by atoms with E-state index in [0.717, 1.165) is 49.8 Å². The van der Waals surface area contributed by atoms with Gasteiger partial charge in [-0.25, -0.2) is 4.39 Å². The second-order valence-electron chi connectivity index (χ2n) is 8.50. The van der Waals surface area contributed by atoms with Crippen LogP contribution in [0.2, 0.25) is 0 Å². The van der Waals surface area contributed by atoms with Crippen molar-refractivity contribution in [2.24, 2.45) is 5.92 Å². The molecule has 0 unspecified atom stereocenters. The predicted octanol–water partition coefficient (Wildman–Crippen LogP) is 4.25. The van der Waals surface area contributed by atoms with Gasteiger partial charge in [-0.2, -0.15) is 0 Å². The van der Waals surface area contributed by atoms with Crippen LogP contribution in [0.3, 0.4) is 0 Å². The monoisotopic (exact) mass is 426 g/mol. The van der Waals surface area contributed by atoms with Crippen molar-refractivity contribution in [2.45, 2.75) is 44.7 Å². The van der Waals surface area contributed by atoms with E-state index in [1.54, 1.807) is 26.4 Å². The van der Waals surface area contributed by atoms with Crippen LogP contribution in [0.4, 0.5) is 4.39 Å². The standard InChI is InChI=1S/C25H31FN2O3/c1-30-23-13-19-10-11-28(16-17-6-5-9-20(26)12-17)22(21(19)14-24(23)31-2)15-27-25(29)18-7-3-4-8-18/h5-6,9,12-14,18,22H,3-4,7-8,10-11,15-16H2,1-2H3,(H,27,29)/t22-/m0/s1. The van der Waals surface area contributed by atoms with Crippen molar-refractivity contribution in [3.8, 4) is 11.5 Å². The Balaban J connectivity index is 1.60. The highest BCUT2D eigenvalue weighted by Gasteiger charge is 2.31. The van der Waals surface area contributed by atoms with Gasteiger partial charge >= 0.3 is 0 Å². The number of amides is 1. The van der Waals surface area contributed by atoms with Gasteiger partial charge in [0.25, 0.3) is 0 Å². The minimum atomic E-state index is -0.229. The fraction of sp³-hybridized carbons (Fsp3) is 0.480. The Bertz CT molecular complexity index is 927. The topological polar surface area (TPSA) is 50.8 Å². The van der Waals surface area contributed by atoms with Gasteiger partial charge in [0.05, 0.1) is 20.3 Å². The molecule has 6 heteroatoms. The molecule has 0 saturated heterocycles. The van der Waals surface area contributed by atoms with Gasteiger partial charge in [0.15, 0.2) is 11.5 Å². The number of fused-ring (bicyclic) bond motifs is 1. The molecule has 1 amide bonds. The zero-order valence-corrected chi connectivity index (χ0v) is 18.3. The maximum absolute atomic E-state index is 13.8. The van der Waals surface area contributed by atoms with Crippen molar-refractivity contribution in [3.05, 3.63) is 58.9 Å². The molecule has 1 atom stereocenters. The van der Waals surface area contributed by atoms with Gasteiger partial charge < -0.3 is 14.8 Å². The number of nitrogens with zero attached hydrogens (tertiary/aromatic N) is 1. The van der Waals surface area contributed by atoms with Crippen LogP contribution < -0.4 is 14.8 Å². The highest BCUT2D eigenvalue weighted by Crippen LogP contribution is 2.38. The third-order valence-electron chi connectivity index (χ3n) is 6.58. The molecule has 1 fully saturated rings. The molecule has 0 radical (unpaired) electrons. The van der Waals surface area contributed by atoms with Crippen LogP contribution in [0, 0.1) is 11.7 Å². The molecule has 1 aliphatic carbocycles. The smallest absolute Gasteiger partial charge is 0.223 e. The Hall–Kier alpha value is -2.60. The highest BCUT2D eigenvalue weighted by atomic mass is 19.1. The van der Waals surface area contributed by atoms with Crippen LogP contribution in [0.5, 0.6) is 11.5 Å². The Kier molecular flexibility index (Phi) is 6.76. The predicted molar refractivity (Wildman–Crippen MR) is 118 cm³/mol. The first-order valence-electron chi connectivity index (χ1n) is 11.1. The third-order valence-corrected chi connectivity index (χ3v) is 6.58. The molecular formula is C25H31FN2O3. The molecule has 2 aromatic rings. The normalized spacial score (nSPS) is 19.1. The average molecular weight is 427 g/mol. The van der Waals surface area contributed by atoms with Gasteiger partial charge in [0.1, 0.15) is 5.82 Å². The summed E-state index contributed by atoms with van der Waals surface area (Å²) in [5.41, 5.74) is 3.26. The molecule has 0 bridgehead atoms. The van der Waals surface area contributed by atoms with Crippen molar-refractivity contribution in [1.82, 2.24) is 10.2 Å². The Morgan fingerprint density at radius 3 is 2.58 bits per heavy atom. The molecule has 0 aromatic heterocycles. The number of hydrogen-bond acceptors (Lipinski definition) is 4. The number of halogens is 1. The lowest BCUT2D eigenvalue weighted by Gasteiger charge is -2.38. The molecule has 1 heterocycles. The van der Waals surface area contributed by atoms with E-state index in [1.165, 1.54) is 11.6 Å². The Morgan fingerprint density at radius 2 is 1.87 bits per heavy atom. The van der Waals surface area contributed by atoms with E-state index >= 15 is 0 Å². The number of carbonyl (C=O) groups is 1. The second-order valence-corrected chi connectivity index (χ2v) is 8.50. The van der Waals surface area contributed by atoms with Crippen LogP contribution in [0.25, 0.3) is 0 Å². The molecule has 1 saturated carbocycles. The number of benzene rings is 2. The minimum absolute atomic E-state index is 0.0165. The molecule has 2 aromatic carbocycles. The van der Waals surface area contributed by atoms with Crippen molar-refractivity contribution in [1.29, 1.82) is 0 Å². The SMILES string of the molecule is COc1cc2c(cc1OC)[C@H](CNC(=O)C1CCCC1)N(Cc1cccc(F)c1)CC2. The number of carbonyl (C=O) groups excluding carboxylic acids is 1. The summed E-state index contributed by atoms with van der Waals surface area (Å²) in [4.78, 5) is 15.0. The molecule has 2 aliphatic rings. The number of methoxy groups -OCH3 is 2. The summed E-state index contributed by atoms with van der Waals surface area (Å²) in [7, 11) is 3.27. The summed E-state index contributed by atoms with van der Waals surface area (Å²) in [6, 6.07) is 10.8. The quantitative estimate of drug-likeness (QED) is 0.719. The highest BCUT2D eigenvalue weighted by molar-refractivity contribution is 5.78. The van der Waals surface area contributed by atoms with Gasteiger partial charge in [-0.05, 0) is 60.2 Å². The van der Waals surface area contributed by atoms with Crippen LogP contribution in [0.15, 0.2) is 36.4 Å². The summed E-state index contributed by atoms with van der Waals surface area (Å²) < 4.78 is 24.8. The first-order valence-corrected chi connectivity index (χ1v) is 11.1. The van der Waals surface area contributed by atoms with Crippen LogP contribution in [-0.4, -0.2) is 38.1 Å². The second kappa shape index (κ2) is 9.69. The first-order chi connectivity index (χ1) is 15.1. The van der Waals surface area contributed by atoms with Crippen molar-refractivity contribution < 1.29 is 18.7 Å². The van der Waals surface area contributed by atoms with Crippen molar-refractivity contribution >= 4 is 5.91 Å². The number of nitrogens with one attached hydrogen (secondary N) is 1. The lowest BCUT2D eigenvalue weighted by atomic mass is 9.91. The number of ether oxygens (including phenoxy) is 2. The lowest BCUT2D eigenvalue weighted by molar-refractivity contribution is -0.125. The van der Waals surface area contributed by atoms with Gasteiger partial charge in [-0.15, -0.1) is 0 Å². The fourth-order valence-electron chi connectivity index (χ4n) is 4.91. The molecule has 4 rings (SSSR count). The number of rotatable bonds is 7.